The smallest absolute Gasteiger partial charge is 0.255 e. The molecule has 0 saturated carbocycles. The molecule has 0 bridgehead atoms. The number of nitrogens with two attached hydrogens (primary N) is 1. The summed E-state index contributed by atoms with van der Waals surface area (Å²) in [4.78, 5) is 8.44. The second kappa shape index (κ2) is 4.81. The Kier molecular flexibility index (Phi) is 3.22. The molecule has 0 atom stereocenters. The van der Waals surface area contributed by atoms with E-state index in [1.165, 1.54) is 13.2 Å². The van der Waals surface area contributed by atoms with Gasteiger partial charge in [0.05, 0.1) is 7.11 Å². The number of phenols is 1. The number of benzene rings is 1. The Morgan fingerprint density at radius 2 is 2.29 bits per heavy atom. The summed E-state index contributed by atoms with van der Waals surface area (Å²) in [6.45, 7) is 0.0439. The van der Waals surface area contributed by atoms with Gasteiger partial charge in [-0.1, -0.05) is 5.16 Å². The molecular formula is C10H11N3O4. The van der Waals surface area contributed by atoms with E-state index < -0.39 is 0 Å². The first-order chi connectivity index (χ1) is 8.24. The van der Waals surface area contributed by atoms with Crippen LogP contribution in [0.1, 0.15) is 5.89 Å². The van der Waals surface area contributed by atoms with Crippen LogP contribution in [0.5, 0.6) is 11.5 Å². The number of phenolic OH excluding ortho intramolecular Hbond substituents is 1. The molecule has 0 aliphatic rings. The van der Waals surface area contributed by atoms with Crippen LogP contribution in [0, 0.1) is 0 Å². The van der Waals surface area contributed by atoms with E-state index in [4.69, 9.17) is 15.2 Å². The van der Waals surface area contributed by atoms with Crippen LogP contribution in [0.4, 0.5) is 0 Å². The third-order valence-corrected chi connectivity index (χ3v) is 2.11. The molecule has 3 N–H and O–H groups in total. The molecule has 1 aromatic carbocycles. The molecule has 1 heterocycles. The van der Waals surface area contributed by atoms with E-state index in [0.29, 0.717) is 17.1 Å². The van der Waals surface area contributed by atoms with E-state index in [2.05, 4.69) is 15.0 Å². The fourth-order valence-electron chi connectivity index (χ4n) is 1.32. The van der Waals surface area contributed by atoms with E-state index in [1.807, 2.05) is 0 Å². The summed E-state index contributed by atoms with van der Waals surface area (Å²) in [5.41, 5.74) is 0.659. The monoisotopic (exact) mass is 237 g/mol. The maximum absolute atomic E-state index is 9.45. The minimum Gasteiger partial charge on any atom is -0.504 e. The van der Waals surface area contributed by atoms with Gasteiger partial charge >= 0.3 is 0 Å². The van der Waals surface area contributed by atoms with Crippen molar-refractivity contribution in [1.82, 2.24) is 10.1 Å². The molecule has 0 aliphatic heterocycles. The number of hydrogen-bond acceptors (Lipinski definition) is 7. The number of methoxy groups -OCH3 is 1. The fourth-order valence-corrected chi connectivity index (χ4v) is 1.32. The molecular weight excluding hydrogens is 226 g/mol. The lowest BCUT2D eigenvalue weighted by Crippen LogP contribution is -1.98. The van der Waals surface area contributed by atoms with E-state index in [0.717, 1.165) is 0 Å². The Balaban J connectivity index is 2.32. The first kappa shape index (κ1) is 11.4. The topological polar surface area (TPSA) is 104 Å². The summed E-state index contributed by atoms with van der Waals surface area (Å²) in [6.07, 6.45) is 0. The lowest BCUT2D eigenvalue weighted by atomic mass is 10.2. The lowest BCUT2D eigenvalue weighted by molar-refractivity contribution is 0.0996. The maximum Gasteiger partial charge on any atom is 0.255 e. The van der Waals surface area contributed by atoms with Gasteiger partial charge in [0.1, 0.15) is 6.61 Å². The van der Waals surface area contributed by atoms with Crippen molar-refractivity contribution in [2.45, 2.75) is 6.61 Å². The molecule has 1 aromatic heterocycles. The van der Waals surface area contributed by atoms with Crippen molar-refractivity contribution in [2.75, 3.05) is 7.11 Å². The van der Waals surface area contributed by atoms with Crippen molar-refractivity contribution in [2.24, 2.45) is 5.90 Å². The van der Waals surface area contributed by atoms with E-state index in [1.54, 1.807) is 12.1 Å². The minimum absolute atomic E-state index is 0.0439. The average molecular weight is 237 g/mol. The maximum atomic E-state index is 9.45. The molecule has 90 valence electrons. The minimum atomic E-state index is 0.0439. The molecule has 2 aromatic rings. The molecule has 17 heavy (non-hydrogen) atoms. The number of rotatable bonds is 4. The van der Waals surface area contributed by atoms with Gasteiger partial charge in [0.25, 0.3) is 5.89 Å². The second-order valence-corrected chi connectivity index (χ2v) is 3.21. The Bertz CT molecular complexity index is 512. The zero-order valence-electron chi connectivity index (χ0n) is 9.08. The van der Waals surface area contributed by atoms with Crippen LogP contribution in [0.2, 0.25) is 0 Å². The third-order valence-electron chi connectivity index (χ3n) is 2.11. The van der Waals surface area contributed by atoms with Crippen molar-refractivity contribution >= 4 is 0 Å². The van der Waals surface area contributed by atoms with Crippen molar-refractivity contribution in [1.29, 1.82) is 0 Å². The molecule has 7 heteroatoms. The first-order valence-electron chi connectivity index (χ1n) is 4.76. The summed E-state index contributed by atoms with van der Waals surface area (Å²) in [6, 6.07) is 4.74. The Labute approximate surface area is 96.7 Å². The van der Waals surface area contributed by atoms with Gasteiger partial charge in [0, 0.05) is 5.56 Å². The molecule has 0 unspecified atom stereocenters. The molecule has 0 fully saturated rings. The normalized spacial score (nSPS) is 10.5. The highest BCUT2D eigenvalue weighted by molar-refractivity contribution is 5.60. The highest BCUT2D eigenvalue weighted by Gasteiger charge is 2.11. The molecule has 0 aliphatic carbocycles. The predicted molar refractivity (Wildman–Crippen MR) is 56.9 cm³/mol. The van der Waals surface area contributed by atoms with Gasteiger partial charge in [0.2, 0.25) is 5.82 Å². The van der Waals surface area contributed by atoms with Crippen LogP contribution in [0.3, 0.4) is 0 Å². The van der Waals surface area contributed by atoms with Gasteiger partial charge in [-0.25, -0.2) is 5.90 Å². The zero-order valence-corrected chi connectivity index (χ0v) is 9.08. The summed E-state index contributed by atoms with van der Waals surface area (Å²) < 4.78 is 9.87. The molecule has 0 saturated heterocycles. The average Bonchev–Trinajstić information content (AvgIpc) is 2.79. The van der Waals surface area contributed by atoms with Gasteiger partial charge in [-0.3, -0.25) is 4.84 Å². The van der Waals surface area contributed by atoms with Gasteiger partial charge in [0.15, 0.2) is 11.5 Å². The SMILES string of the molecule is COc1cc(-c2noc(CON)n2)ccc1O. The van der Waals surface area contributed by atoms with Crippen molar-refractivity contribution in [3.05, 3.63) is 24.1 Å². The quantitative estimate of drug-likeness (QED) is 0.759. The van der Waals surface area contributed by atoms with Crippen LogP contribution < -0.4 is 10.6 Å². The van der Waals surface area contributed by atoms with E-state index in [9.17, 15) is 5.11 Å². The second-order valence-electron chi connectivity index (χ2n) is 3.21. The summed E-state index contributed by atoms with van der Waals surface area (Å²) in [7, 11) is 1.46. The molecule has 0 amide bonds. The zero-order chi connectivity index (χ0) is 12.3. The van der Waals surface area contributed by atoms with Crippen molar-refractivity contribution < 1.29 is 19.2 Å². The number of aromatic nitrogens is 2. The first-order valence-corrected chi connectivity index (χ1v) is 4.76. The van der Waals surface area contributed by atoms with Crippen LogP contribution in [0.15, 0.2) is 22.7 Å². The lowest BCUT2D eigenvalue weighted by Gasteiger charge is -2.03. The standard InChI is InChI=1S/C10H11N3O4/c1-15-8-4-6(2-3-7(8)14)10-12-9(5-16-11)17-13-10/h2-4,14H,5,11H2,1H3. The Morgan fingerprint density at radius 1 is 1.47 bits per heavy atom. The molecule has 0 spiro atoms. The molecule has 7 nitrogen and oxygen atoms in total. The largest absolute Gasteiger partial charge is 0.504 e. The summed E-state index contributed by atoms with van der Waals surface area (Å²) in [5, 5.41) is 13.2. The fraction of sp³-hybridized carbons (Fsp3) is 0.200. The predicted octanol–water partition coefficient (Wildman–Crippen LogP) is 0.841. The van der Waals surface area contributed by atoms with Crippen LogP contribution in [0.25, 0.3) is 11.4 Å². The van der Waals surface area contributed by atoms with Gasteiger partial charge in [-0.05, 0) is 18.2 Å². The number of aromatic hydroxyl groups is 1. The summed E-state index contributed by atoms with van der Waals surface area (Å²) in [5.74, 6) is 5.92. The van der Waals surface area contributed by atoms with E-state index in [-0.39, 0.29) is 18.2 Å². The third kappa shape index (κ3) is 2.35. The van der Waals surface area contributed by atoms with E-state index >= 15 is 0 Å². The van der Waals surface area contributed by atoms with Crippen LogP contribution in [-0.4, -0.2) is 22.4 Å². The highest BCUT2D eigenvalue weighted by Crippen LogP contribution is 2.30. The number of ether oxygens (including phenoxy) is 1. The van der Waals surface area contributed by atoms with Crippen molar-refractivity contribution in [3.63, 3.8) is 0 Å². The van der Waals surface area contributed by atoms with Gasteiger partial charge in [-0.2, -0.15) is 4.98 Å². The molecule has 2 rings (SSSR count). The van der Waals surface area contributed by atoms with Crippen LogP contribution in [-0.2, 0) is 11.4 Å². The Morgan fingerprint density at radius 3 is 3.00 bits per heavy atom. The van der Waals surface area contributed by atoms with Crippen molar-refractivity contribution in [3.8, 4) is 22.9 Å². The summed E-state index contributed by atoms with van der Waals surface area (Å²) >= 11 is 0. The number of hydrogen-bond donors (Lipinski definition) is 2. The van der Waals surface area contributed by atoms with Gasteiger partial charge < -0.3 is 14.4 Å². The highest BCUT2D eigenvalue weighted by atomic mass is 16.6. The molecule has 0 radical (unpaired) electrons. The Hall–Kier alpha value is -2.12. The number of nitrogens with zero attached hydrogens (tertiary/aromatic N) is 2. The van der Waals surface area contributed by atoms with Gasteiger partial charge in [-0.15, -0.1) is 0 Å². The van der Waals surface area contributed by atoms with Crippen LogP contribution >= 0.6 is 0 Å².